The zero-order chi connectivity index (χ0) is 12.5. The van der Waals surface area contributed by atoms with Crippen molar-refractivity contribution in [3.8, 4) is 0 Å². The maximum Gasteiger partial charge on any atom is 0.0940 e. The first-order valence-electron chi connectivity index (χ1n) is 6.88. The summed E-state index contributed by atoms with van der Waals surface area (Å²) in [6.07, 6.45) is 3.78. The molecule has 0 aromatic carbocycles. The van der Waals surface area contributed by atoms with Gasteiger partial charge in [0.1, 0.15) is 0 Å². The summed E-state index contributed by atoms with van der Waals surface area (Å²) >= 11 is 0. The Labute approximate surface area is 104 Å². The van der Waals surface area contributed by atoms with Crippen LogP contribution in [0.5, 0.6) is 0 Å². The fraction of sp³-hybridized carbons (Fsp3) is 1.00. The highest BCUT2D eigenvalue weighted by Crippen LogP contribution is 2.41. The summed E-state index contributed by atoms with van der Waals surface area (Å²) in [5.74, 6) is 0.879. The first-order valence-corrected chi connectivity index (χ1v) is 6.88. The van der Waals surface area contributed by atoms with E-state index in [0.29, 0.717) is 18.4 Å². The largest absolute Gasteiger partial charge is 0.390 e. The van der Waals surface area contributed by atoms with Crippen LogP contribution in [0.25, 0.3) is 0 Å². The molecule has 2 aliphatic heterocycles. The number of aliphatic hydroxyl groups is 1. The molecule has 1 N–H and O–H groups in total. The van der Waals surface area contributed by atoms with Crippen LogP contribution in [-0.2, 0) is 9.47 Å². The number of hydrogen-bond donors (Lipinski definition) is 1. The van der Waals surface area contributed by atoms with E-state index in [1.54, 1.807) is 0 Å². The van der Waals surface area contributed by atoms with Crippen molar-refractivity contribution in [3.63, 3.8) is 0 Å². The van der Waals surface area contributed by atoms with E-state index >= 15 is 0 Å². The molecule has 1 spiro atoms. The van der Waals surface area contributed by atoms with Gasteiger partial charge in [-0.25, -0.2) is 0 Å². The van der Waals surface area contributed by atoms with Crippen LogP contribution in [0.1, 0.15) is 46.5 Å². The van der Waals surface area contributed by atoms with E-state index in [1.165, 1.54) is 0 Å². The number of hydrogen-bond acceptors (Lipinski definition) is 3. The molecule has 3 nitrogen and oxygen atoms in total. The van der Waals surface area contributed by atoms with Crippen LogP contribution in [0.15, 0.2) is 0 Å². The van der Waals surface area contributed by atoms with E-state index in [9.17, 15) is 5.11 Å². The predicted octanol–water partition coefficient (Wildman–Crippen LogP) is 2.37. The lowest BCUT2D eigenvalue weighted by atomic mass is 9.73. The molecule has 3 heteroatoms. The van der Waals surface area contributed by atoms with Crippen molar-refractivity contribution in [3.05, 3.63) is 0 Å². The zero-order valence-electron chi connectivity index (χ0n) is 11.4. The van der Waals surface area contributed by atoms with Gasteiger partial charge < -0.3 is 14.6 Å². The second kappa shape index (κ2) is 4.87. The van der Waals surface area contributed by atoms with Crippen LogP contribution in [0.2, 0.25) is 0 Å². The smallest absolute Gasteiger partial charge is 0.0940 e. The second-order valence-corrected chi connectivity index (χ2v) is 6.48. The summed E-state index contributed by atoms with van der Waals surface area (Å²) in [7, 11) is 0. The molecule has 3 unspecified atom stereocenters. The van der Waals surface area contributed by atoms with Gasteiger partial charge in [0.2, 0.25) is 0 Å². The van der Waals surface area contributed by atoms with Crippen LogP contribution in [0.4, 0.5) is 0 Å². The molecule has 2 rings (SSSR count). The summed E-state index contributed by atoms with van der Waals surface area (Å²) in [5, 5.41) is 10.7. The molecule has 0 saturated carbocycles. The lowest BCUT2D eigenvalue weighted by Gasteiger charge is -2.43. The molecule has 0 aromatic rings. The predicted molar refractivity (Wildman–Crippen MR) is 66.9 cm³/mol. The van der Waals surface area contributed by atoms with Crippen molar-refractivity contribution < 1.29 is 14.6 Å². The average molecular weight is 242 g/mol. The van der Waals surface area contributed by atoms with Gasteiger partial charge in [0.05, 0.1) is 17.8 Å². The van der Waals surface area contributed by atoms with Crippen molar-refractivity contribution in [2.75, 3.05) is 19.8 Å². The van der Waals surface area contributed by atoms with Crippen LogP contribution in [-0.4, -0.2) is 36.1 Å². The van der Waals surface area contributed by atoms with Crippen molar-refractivity contribution >= 4 is 0 Å². The minimum Gasteiger partial charge on any atom is -0.390 e. The molecule has 0 aromatic heterocycles. The Balaban J connectivity index is 2.01. The van der Waals surface area contributed by atoms with Gasteiger partial charge in [-0.05, 0) is 38.0 Å². The molecule has 2 saturated heterocycles. The van der Waals surface area contributed by atoms with Gasteiger partial charge in [-0.3, -0.25) is 0 Å². The van der Waals surface area contributed by atoms with Crippen molar-refractivity contribution in [2.24, 2.45) is 11.8 Å². The maximum atomic E-state index is 10.7. The Morgan fingerprint density at radius 3 is 2.76 bits per heavy atom. The van der Waals surface area contributed by atoms with Crippen molar-refractivity contribution in [1.29, 1.82) is 0 Å². The third-order valence-electron chi connectivity index (χ3n) is 4.26. The molecule has 0 radical (unpaired) electrons. The lowest BCUT2D eigenvalue weighted by Crippen LogP contribution is -2.48. The molecule has 0 aliphatic carbocycles. The molecule has 2 heterocycles. The highest BCUT2D eigenvalue weighted by molar-refractivity contribution is 4.96. The summed E-state index contributed by atoms with van der Waals surface area (Å²) < 4.78 is 11.4. The Kier molecular flexibility index (Phi) is 3.81. The quantitative estimate of drug-likeness (QED) is 0.825. The minimum atomic E-state index is -0.562. The van der Waals surface area contributed by atoms with E-state index in [4.69, 9.17) is 9.47 Å². The van der Waals surface area contributed by atoms with Crippen LogP contribution < -0.4 is 0 Å². The Bertz CT molecular complexity index is 254. The Morgan fingerprint density at radius 1 is 1.41 bits per heavy atom. The van der Waals surface area contributed by atoms with Gasteiger partial charge in [-0.2, -0.15) is 0 Å². The monoisotopic (exact) mass is 242 g/mol. The van der Waals surface area contributed by atoms with Gasteiger partial charge in [-0.1, -0.05) is 13.8 Å². The third kappa shape index (κ3) is 3.01. The van der Waals surface area contributed by atoms with Gasteiger partial charge in [0.25, 0.3) is 0 Å². The summed E-state index contributed by atoms with van der Waals surface area (Å²) in [6.45, 7) is 8.61. The molecule has 2 fully saturated rings. The molecule has 2 aliphatic rings. The molecule has 17 heavy (non-hydrogen) atoms. The van der Waals surface area contributed by atoms with E-state index in [1.807, 2.05) is 6.92 Å². The maximum absolute atomic E-state index is 10.7. The third-order valence-corrected chi connectivity index (χ3v) is 4.26. The number of rotatable bonds is 3. The number of ether oxygens (including phenoxy) is 2. The highest BCUT2D eigenvalue weighted by atomic mass is 16.6. The molecule has 3 atom stereocenters. The van der Waals surface area contributed by atoms with Crippen molar-refractivity contribution in [1.82, 2.24) is 0 Å². The fourth-order valence-electron chi connectivity index (χ4n) is 3.42. The topological polar surface area (TPSA) is 38.7 Å². The first kappa shape index (κ1) is 13.3. The van der Waals surface area contributed by atoms with Crippen LogP contribution in [0, 0.1) is 11.8 Å². The van der Waals surface area contributed by atoms with Gasteiger partial charge in [0, 0.05) is 19.6 Å². The van der Waals surface area contributed by atoms with Crippen molar-refractivity contribution in [2.45, 2.75) is 57.7 Å². The van der Waals surface area contributed by atoms with Gasteiger partial charge >= 0.3 is 0 Å². The van der Waals surface area contributed by atoms with Crippen LogP contribution in [0.3, 0.4) is 0 Å². The minimum absolute atomic E-state index is 0.0934. The van der Waals surface area contributed by atoms with Crippen LogP contribution >= 0.6 is 0 Å². The lowest BCUT2D eigenvalue weighted by molar-refractivity contribution is -0.142. The highest BCUT2D eigenvalue weighted by Gasteiger charge is 2.46. The zero-order valence-corrected chi connectivity index (χ0v) is 11.4. The SMILES string of the molecule is CC(C)CC(C)(O)C1CCOC2(CCOC2)C1. The second-order valence-electron chi connectivity index (χ2n) is 6.48. The standard InChI is InChI=1S/C14H26O3/c1-11(2)8-13(3,15)12-4-6-17-14(9-12)5-7-16-10-14/h11-12,15H,4-10H2,1-3H3. The molecule has 100 valence electrons. The Morgan fingerprint density at radius 2 is 2.18 bits per heavy atom. The summed E-state index contributed by atoms with van der Waals surface area (Å²) in [6, 6.07) is 0. The van der Waals surface area contributed by atoms with Gasteiger partial charge in [0.15, 0.2) is 0 Å². The normalized spacial score (nSPS) is 37.6. The van der Waals surface area contributed by atoms with E-state index < -0.39 is 5.60 Å². The Hall–Kier alpha value is -0.120. The van der Waals surface area contributed by atoms with Gasteiger partial charge in [-0.15, -0.1) is 0 Å². The molecular formula is C14H26O3. The average Bonchev–Trinajstić information content (AvgIpc) is 2.64. The first-order chi connectivity index (χ1) is 7.94. The summed E-state index contributed by atoms with van der Waals surface area (Å²) in [5.41, 5.74) is -0.655. The summed E-state index contributed by atoms with van der Waals surface area (Å²) in [4.78, 5) is 0. The molecule has 0 bridgehead atoms. The molecule has 0 amide bonds. The van der Waals surface area contributed by atoms with E-state index in [0.717, 1.165) is 38.9 Å². The van der Waals surface area contributed by atoms with E-state index in [-0.39, 0.29) is 5.60 Å². The fourth-order valence-corrected chi connectivity index (χ4v) is 3.42. The van der Waals surface area contributed by atoms with E-state index in [2.05, 4.69) is 13.8 Å². The molecular weight excluding hydrogens is 216 g/mol.